The number of carbonyl (C=O) groups is 1. The average molecular weight is 352 g/mol. The van der Waals surface area contributed by atoms with Crippen molar-refractivity contribution in [3.05, 3.63) is 88.2 Å². The Kier molecular flexibility index (Phi) is 5.00. The number of hydrogen-bond donors (Lipinski definition) is 1. The van der Waals surface area contributed by atoms with E-state index in [1.54, 1.807) is 30.5 Å². The second-order valence-corrected chi connectivity index (χ2v) is 6.08. The van der Waals surface area contributed by atoms with Gasteiger partial charge in [-0.3, -0.25) is 4.79 Å². The van der Waals surface area contributed by atoms with E-state index in [1.807, 2.05) is 38.1 Å². The normalized spacial score (nSPS) is 11.0. The van der Waals surface area contributed by atoms with Gasteiger partial charge in [0.25, 0.3) is 5.91 Å². The molecule has 1 heterocycles. The van der Waals surface area contributed by atoms with Gasteiger partial charge in [-0.2, -0.15) is 5.10 Å². The first-order valence-corrected chi connectivity index (χ1v) is 8.28. The highest BCUT2D eigenvalue weighted by atomic mass is 35.5. The maximum atomic E-state index is 12.1. The van der Waals surface area contributed by atoms with Crippen LogP contribution in [0.4, 0.5) is 0 Å². The Balaban J connectivity index is 1.79. The zero-order chi connectivity index (χ0) is 17.8. The van der Waals surface area contributed by atoms with Crippen molar-refractivity contribution in [3.8, 4) is 5.69 Å². The summed E-state index contributed by atoms with van der Waals surface area (Å²) in [5, 5.41) is 4.47. The Morgan fingerprint density at radius 3 is 2.48 bits per heavy atom. The first kappa shape index (κ1) is 17.0. The maximum absolute atomic E-state index is 12.1. The zero-order valence-electron chi connectivity index (χ0n) is 14.0. The number of hydrazone groups is 1. The van der Waals surface area contributed by atoms with E-state index in [0.29, 0.717) is 10.6 Å². The molecule has 0 saturated heterocycles. The third kappa shape index (κ3) is 3.64. The van der Waals surface area contributed by atoms with Gasteiger partial charge in [-0.05, 0) is 44.2 Å². The molecule has 0 atom stereocenters. The monoisotopic (exact) mass is 351 g/mol. The van der Waals surface area contributed by atoms with E-state index in [2.05, 4.69) is 27.2 Å². The van der Waals surface area contributed by atoms with Gasteiger partial charge in [0.05, 0.1) is 16.8 Å². The fraction of sp³-hybridized carbons (Fsp3) is 0.100. The van der Waals surface area contributed by atoms with Gasteiger partial charge in [0.1, 0.15) is 0 Å². The number of para-hydroxylation sites is 1. The number of nitrogens with zero attached hydrogens (tertiary/aromatic N) is 2. The molecule has 25 heavy (non-hydrogen) atoms. The second-order valence-electron chi connectivity index (χ2n) is 5.68. The highest BCUT2D eigenvalue weighted by molar-refractivity contribution is 6.33. The summed E-state index contributed by atoms with van der Waals surface area (Å²) in [6.45, 7) is 4.07. The first-order valence-electron chi connectivity index (χ1n) is 7.90. The number of carbonyl (C=O) groups excluding carboxylic acids is 1. The minimum atomic E-state index is -0.335. The highest BCUT2D eigenvalue weighted by Gasteiger charge is 2.10. The summed E-state index contributed by atoms with van der Waals surface area (Å²) in [7, 11) is 0. The Morgan fingerprint density at radius 1 is 1.08 bits per heavy atom. The quantitative estimate of drug-likeness (QED) is 0.545. The molecule has 1 N–H and O–H groups in total. The molecular formula is C20H18ClN3O. The molecule has 0 saturated carbocycles. The molecule has 1 aromatic heterocycles. The molecule has 1 amide bonds. The Labute approximate surface area is 151 Å². The Bertz CT molecular complexity index is 929. The molecule has 5 heteroatoms. The molecule has 0 aliphatic rings. The van der Waals surface area contributed by atoms with Crippen molar-refractivity contribution in [3.63, 3.8) is 0 Å². The molecule has 0 radical (unpaired) electrons. The van der Waals surface area contributed by atoms with Crippen LogP contribution in [0.5, 0.6) is 0 Å². The molecule has 2 aromatic carbocycles. The molecule has 0 fully saturated rings. The second kappa shape index (κ2) is 7.36. The van der Waals surface area contributed by atoms with Crippen molar-refractivity contribution >= 4 is 23.7 Å². The zero-order valence-corrected chi connectivity index (χ0v) is 14.8. The molecule has 0 aliphatic carbocycles. The summed E-state index contributed by atoms with van der Waals surface area (Å²) in [5.74, 6) is -0.335. The Morgan fingerprint density at radius 2 is 1.76 bits per heavy atom. The van der Waals surface area contributed by atoms with Crippen LogP contribution in [0.3, 0.4) is 0 Å². The van der Waals surface area contributed by atoms with Gasteiger partial charge in [-0.1, -0.05) is 41.9 Å². The lowest BCUT2D eigenvalue weighted by Gasteiger charge is -2.09. The Hall–Kier alpha value is -2.85. The standard InChI is InChI=1S/C20H18ClN3O/c1-14-12-16(15(2)24(14)17-8-4-3-5-9-17)13-22-23-20(25)18-10-6-7-11-19(18)21/h3-13H,1-2H3,(H,23,25)/b22-13-. The molecule has 0 bridgehead atoms. The SMILES string of the molecule is Cc1cc(/C=N\NC(=O)c2ccccc2Cl)c(C)n1-c1ccccc1. The maximum Gasteiger partial charge on any atom is 0.272 e. The van der Waals surface area contributed by atoms with E-state index in [9.17, 15) is 4.79 Å². The number of aryl methyl sites for hydroxylation is 1. The molecule has 0 spiro atoms. The van der Waals surface area contributed by atoms with Crippen molar-refractivity contribution in [2.24, 2.45) is 5.10 Å². The van der Waals surface area contributed by atoms with Crippen molar-refractivity contribution in [1.82, 2.24) is 9.99 Å². The lowest BCUT2D eigenvalue weighted by molar-refractivity contribution is 0.0955. The van der Waals surface area contributed by atoms with E-state index in [0.717, 1.165) is 22.6 Å². The van der Waals surface area contributed by atoms with Crippen LogP contribution < -0.4 is 5.43 Å². The number of halogens is 1. The van der Waals surface area contributed by atoms with Gasteiger partial charge < -0.3 is 4.57 Å². The fourth-order valence-corrected chi connectivity index (χ4v) is 2.98. The van der Waals surface area contributed by atoms with Crippen molar-refractivity contribution in [1.29, 1.82) is 0 Å². The van der Waals surface area contributed by atoms with Crippen molar-refractivity contribution in [2.75, 3.05) is 0 Å². The summed E-state index contributed by atoms with van der Waals surface area (Å²) in [6, 6.07) is 19.0. The predicted octanol–water partition coefficient (Wildman–Crippen LogP) is 4.51. The van der Waals surface area contributed by atoms with E-state index >= 15 is 0 Å². The highest BCUT2D eigenvalue weighted by Crippen LogP contribution is 2.19. The van der Waals surface area contributed by atoms with Gasteiger partial charge in [0, 0.05) is 22.6 Å². The minimum Gasteiger partial charge on any atom is -0.318 e. The van der Waals surface area contributed by atoms with Crippen LogP contribution in [-0.2, 0) is 0 Å². The number of aromatic nitrogens is 1. The topological polar surface area (TPSA) is 46.4 Å². The fourth-order valence-electron chi connectivity index (χ4n) is 2.76. The molecule has 3 rings (SSSR count). The number of hydrogen-bond acceptors (Lipinski definition) is 2. The van der Waals surface area contributed by atoms with Crippen LogP contribution in [0.1, 0.15) is 27.3 Å². The molecule has 0 unspecified atom stereocenters. The number of rotatable bonds is 4. The third-order valence-corrected chi connectivity index (χ3v) is 4.30. The summed E-state index contributed by atoms with van der Waals surface area (Å²) in [5.41, 5.74) is 7.11. The van der Waals surface area contributed by atoms with Gasteiger partial charge >= 0.3 is 0 Å². The summed E-state index contributed by atoms with van der Waals surface area (Å²) in [6.07, 6.45) is 1.65. The molecular weight excluding hydrogens is 334 g/mol. The summed E-state index contributed by atoms with van der Waals surface area (Å²) in [4.78, 5) is 12.1. The van der Waals surface area contributed by atoms with E-state index in [1.165, 1.54) is 0 Å². The third-order valence-electron chi connectivity index (χ3n) is 3.97. The van der Waals surface area contributed by atoms with E-state index < -0.39 is 0 Å². The first-order chi connectivity index (χ1) is 12.1. The van der Waals surface area contributed by atoms with Crippen LogP contribution >= 0.6 is 11.6 Å². The lowest BCUT2D eigenvalue weighted by Crippen LogP contribution is -2.18. The average Bonchev–Trinajstić information content (AvgIpc) is 2.89. The molecule has 3 aromatic rings. The molecule has 4 nitrogen and oxygen atoms in total. The van der Waals surface area contributed by atoms with Gasteiger partial charge in [0.2, 0.25) is 0 Å². The largest absolute Gasteiger partial charge is 0.318 e. The molecule has 0 aliphatic heterocycles. The lowest BCUT2D eigenvalue weighted by atomic mass is 10.2. The van der Waals surface area contributed by atoms with Gasteiger partial charge in [-0.15, -0.1) is 0 Å². The minimum absolute atomic E-state index is 0.335. The molecule has 126 valence electrons. The van der Waals surface area contributed by atoms with E-state index in [-0.39, 0.29) is 5.91 Å². The summed E-state index contributed by atoms with van der Waals surface area (Å²) < 4.78 is 2.15. The van der Waals surface area contributed by atoms with Crippen molar-refractivity contribution < 1.29 is 4.79 Å². The van der Waals surface area contributed by atoms with E-state index in [4.69, 9.17) is 11.6 Å². The smallest absolute Gasteiger partial charge is 0.272 e. The van der Waals surface area contributed by atoms with Crippen LogP contribution in [-0.4, -0.2) is 16.7 Å². The number of nitrogens with one attached hydrogen (secondary N) is 1. The predicted molar refractivity (Wildman–Crippen MR) is 102 cm³/mol. The van der Waals surface area contributed by atoms with Crippen LogP contribution in [0.15, 0.2) is 65.8 Å². The van der Waals surface area contributed by atoms with Crippen molar-refractivity contribution in [2.45, 2.75) is 13.8 Å². The van der Waals surface area contributed by atoms with Crippen LogP contribution in [0.2, 0.25) is 5.02 Å². The van der Waals surface area contributed by atoms with Crippen LogP contribution in [0.25, 0.3) is 5.69 Å². The van der Waals surface area contributed by atoms with Crippen LogP contribution in [0, 0.1) is 13.8 Å². The number of benzene rings is 2. The van der Waals surface area contributed by atoms with Gasteiger partial charge in [-0.25, -0.2) is 5.43 Å². The number of amides is 1. The van der Waals surface area contributed by atoms with Gasteiger partial charge in [0.15, 0.2) is 0 Å². The summed E-state index contributed by atoms with van der Waals surface area (Å²) >= 11 is 6.02.